The smallest absolute Gasteiger partial charge is 0.261 e. The van der Waals surface area contributed by atoms with Gasteiger partial charge in [0.05, 0.1) is 24.3 Å². The number of benzene rings is 1. The minimum absolute atomic E-state index is 0.101. The molecule has 174 valence electrons. The summed E-state index contributed by atoms with van der Waals surface area (Å²) in [5.41, 5.74) is 3.99. The number of hydrogen-bond donors (Lipinski definition) is 1. The number of ether oxygens (including phenoxy) is 1. The van der Waals surface area contributed by atoms with E-state index in [2.05, 4.69) is 51.7 Å². The third-order valence-corrected chi connectivity index (χ3v) is 7.98. The summed E-state index contributed by atoms with van der Waals surface area (Å²) in [4.78, 5) is 14.7. The molecule has 4 rings (SSSR count). The highest BCUT2D eigenvalue weighted by Crippen LogP contribution is 2.49. The number of thiophene rings is 1. The van der Waals surface area contributed by atoms with Gasteiger partial charge in [0.1, 0.15) is 11.5 Å². The van der Waals surface area contributed by atoms with Crippen LogP contribution in [0.15, 0.2) is 59.7 Å². The van der Waals surface area contributed by atoms with Crippen molar-refractivity contribution >= 4 is 17.2 Å². The molecule has 0 spiro atoms. The van der Waals surface area contributed by atoms with Crippen molar-refractivity contribution in [2.24, 2.45) is 0 Å². The van der Waals surface area contributed by atoms with Crippen LogP contribution in [0.1, 0.15) is 79.6 Å². The molecule has 0 fully saturated rings. The third kappa shape index (κ3) is 4.51. The normalized spacial score (nSPS) is 17.1. The van der Waals surface area contributed by atoms with Crippen LogP contribution in [0.3, 0.4) is 0 Å². The molecule has 0 aliphatic heterocycles. The second kappa shape index (κ2) is 8.86. The zero-order valence-electron chi connectivity index (χ0n) is 20.2. The standard InChI is InChI=1S/C28H33NO3S/c1-7-9-21(22-10-8-15-32-22)29-26(30)25-12-11-24(33-25)18-16-19-20(17-23(18)31-6)28(4,5)14-13-27(19,2)3/h7-8,10-12,15-17,21H,1,9,13-14H2,2-6H3,(H,29,30). The summed E-state index contributed by atoms with van der Waals surface area (Å²) in [6.45, 7) is 13.1. The van der Waals surface area contributed by atoms with Gasteiger partial charge in [-0.25, -0.2) is 0 Å². The quantitative estimate of drug-likeness (QED) is 0.371. The van der Waals surface area contributed by atoms with E-state index in [0.29, 0.717) is 11.3 Å². The first kappa shape index (κ1) is 23.4. The Morgan fingerprint density at radius 3 is 2.48 bits per heavy atom. The van der Waals surface area contributed by atoms with E-state index in [1.807, 2.05) is 24.3 Å². The van der Waals surface area contributed by atoms with Crippen molar-refractivity contribution in [3.05, 3.63) is 77.1 Å². The van der Waals surface area contributed by atoms with Crippen molar-refractivity contribution in [1.29, 1.82) is 0 Å². The first-order chi connectivity index (χ1) is 15.7. The zero-order chi connectivity index (χ0) is 23.8. The van der Waals surface area contributed by atoms with Crippen LogP contribution >= 0.6 is 11.3 Å². The number of rotatable bonds is 7. The Morgan fingerprint density at radius 2 is 1.88 bits per heavy atom. The second-order valence-electron chi connectivity index (χ2n) is 10.1. The minimum atomic E-state index is -0.239. The Labute approximate surface area is 200 Å². The highest BCUT2D eigenvalue weighted by Gasteiger charge is 2.38. The van der Waals surface area contributed by atoms with Crippen LogP contribution in [0.2, 0.25) is 0 Å². The molecule has 0 bridgehead atoms. The Kier molecular flexibility index (Phi) is 6.28. The molecule has 2 aromatic heterocycles. The molecule has 0 saturated carbocycles. The molecular formula is C28H33NO3S. The fourth-order valence-electron chi connectivity index (χ4n) is 4.69. The average molecular weight is 464 g/mol. The van der Waals surface area contributed by atoms with Crippen molar-refractivity contribution in [1.82, 2.24) is 5.32 Å². The van der Waals surface area contributed by atoms with Crippen LogP contribution in [-0.2, 0) is 10.8 Å². The summed E-state index contributed by atoms with van der Waals surface area (Å²) < 4.78 is 11.3. The lowest BCUT2D eigenvalue weighted by Gasteiger charge is -2.42. The lowest BCUT2D eigenvalue weighted by Crippen LogP contribution is -2.33. The fourth-order valence-corrected chi connectivity index (χ4v) is 5.62. The summed E-state index contributed by atoms with van der Waals surface area (Å²) in [6, 6.07) is 11.9. The largest absolute Gasteiger partial charge is 0.496 e. The van der Waals surface area contributed by atoms with E-state index in [9.17, 15) is 4.79 Å². The Morgan fingerprint density at radius 1 is 1.18 bits per heavy atom. The van der Waals surface area contributed by atoms with E-state index >= 15 is 0 Å². The Hall–Kier alpha value is -2.79. The first-order valence-electron chi connectivity index (χ1n) is 11.4. The number of furan rings is 1. The van der Waals surface area contributed by atoms with Crippen molar-refractivity contribution in [3.8, 4) is 16.2 Å². The monoisotopic (exact) mass is 463 g/mol. The summed E-state index contributed by atoms with van der Waals surface area (Å²) in [5, 5.41) is 3.08. The molecule has 1 aromatic carbocycles. The molecule has 1 atom stereocenters. The molecule has 0 saturated heterocycles. The third-order valence-electron chi connectivity index (χ3n) is 6.86. The lowest BCUT2D eigenvalue weighted by molar-refractivity contribution is 0.0936. The zero-order valence-corrected chi connectivity index (χ0v) is 21.0. The van der Waals surface area contributed by atoms with Crippen LogP contribution in [-0.4, -0.2) is 13.0 Å². The van der Waals surface area contributed by atoms with Gasteiger partial charge in [0, 0.05) is 10.4 Å². The molecule has 1 N–H and O–H groups in total. The molecule has 1 amide bonds. The highest BCUT2D eigenvalue weighted by molar-refractivity contribution is 7.17. The van der Waals surface area contributed by atoms with Gasteiger partial charge in [-0.05, 0) is 77.6 Å². The summed E-state index contributed by atoms with van der Waals surface area (Å²) >= 11 is 1.48. The average Bonchev–Trinajstić information content (AvgIpc) is 3.48. The van der Waals surface area contributed by atoms with Crippen LogP contribution in [0.5, 0.6) is 5.75 Å². The Balaban J connectivity index is 1.67. The first-order valence-corrected chi connectivity index (χ1v) is 12.3. The number of hydrogen-bond acceptors (Lipinski definition) is 4. The van der Waals surface area contributed by atoms with Gasteiger partial charge in [-0.15, -0.1) is 17.9 Å². The van der Waals surface area contributed by atoms with Gasteiger partial charge in [0.25, 0.3) is 5.91 Å². The topological polar surface area (TPSA) is 51.5 Å². The van der Waals surface area contributed by atoms with E-state index in [1.165, 1.54) is 22.5 Å². The van der Waals surface area contributed by atoms with Crippen LogP contribution in [0.4, 0.5) is 0 Å². The molecule has 3 aromatic rings. The highest BCUT2D eigenvalue weighted by atomic mass is 32.1. The minimum Gasteiger partial charge on any atom is -0.496 e. The van der Waals surface area contributed by atoms with Gasteiger partial charge in [-0.1, -0.05) is 33.8 Å². The number of carbonyl (C=O) groups excluding carboxylic acids is 1. The van der Waals surface area contributed by atoms with Crippen LogP contribution < -0.4 is 10.1 Å². The number of fused-ring (bicyclic) bond motifs is 1. The van der Waals surface area contributed by atoms with Crippen molar-refractivity contribution in [2.45, 2.75) is 63.8 Å². The van der Waals surface area contributed by atoms with E-state index in [4.69, 9.17) is 9.15 Å². The fraction of sp³-hybridized carbons (Fsp3) is 0.393. The predicted octanol–water partition coefficient (Wildman–Crippen LogP) is 7.41. The van der Waals surface area contributed by atoms with E-state index in [0.717, 1.165) is 34.8 Å². The van der Waals surface area contributed by atoms with Gasteiger partial charge in [0.2, 0.25) is 0 Å². The van der Waals surface area contributed by atoms with Gasteiger partial charge in [0.15, 0.2) is 0 Å². The molecule has 2 heterocycles. The number of methoxy groups -OCH3 is 1. The van der Waals surface area contributed by atoms with Crippen molar-refractivity contribution in [3.63, 3.8) is 0 Å². The van der Waals surface area contributed by atoms with Crippen LogP contribution in [0.25, 0.3) is 10.4 Å². The van der Waals surface area contributed by atoms with Gasteiger partial charge in [-0.2, -0.15) is 0 Å². The predicted molar refractivity (Wildman–Crippen MR) is 135 cm³/mol. The maximum atomic E-state index is 13.0. The number of nitrogens with one attached hydrogen (secondary N) is 1. The molecule has 1 aliphatic carbocycles. The summed E-state index contributed by atoms with van der Waals surface area (Å²) in [6.07, 6.45) is 6.30. The van der Waals surface area contributed by atoms with E-state index < -0.39 is 0 Å². The molecule has 4 nitrogen and oxygen atoms in total. The summed E-state index contributed by atoms with van der Waals surface area (Å²) in [5.74, 6) is 1.46. The summed E-state index contributed by atoms with van der Waals surface area (Å²) in [7, 11) is 1.72. The van der Waals surface area contributed by atoms with Crippen molar-refractivity contribution in [2.75, 3.05) is 7.11 Å². The maximum Gasteiger partial charge on any atom is 0.261 e. The van der Waals surface area contributed by atoms with Gasteiger partial charge < -0.3 is 14.5 Å². The van der Waals surface area contributed by atoms with Crippen molar-refractivity contribution < 1.29 is 13.9 Å². The molecule has 1 aliphatic rings. The molecule has 1 unspecified atom stereocenters. The maximum absolute atomic E-state index is 13.0. The SMILES string of the molecule is C=CCC(NC(=O)c1ccc(-c2cc3c(cc2OC)C(C)(C)CCC3(C)C)s1)c1ccco1. The molecule has 33 heavy (non-hydrogen) atoms. The van der Waals surface area contributed by atoms with E-state index in [-0.39, 0.29) is 22.8 Å². The number of carbonyl (C=O) groups is 1. The lowest BCUT2D eigenvalue weighted by atomic mass is 9.63. The van der Waals surface area contributed by atoms with E-state index in [1.54, 1.807) is 19.4 Å². The van der Waals surface area contributed by atoms with Gasteiger partial charge in [-0.3, -0.25) is 4.79 Å². The molecule has 5 heteroatoms. The van der Waals surface area contributed by atoms with Crippen LogP contribution in [0, 0.1) is 0 Å². The Bertz CT molecular complexity index is 1150. The molecular weight excluding hydrogens is 430 g/mol. The second-order valence-corrected chi connectivity index (χ2v) is 11.2. The van der Waals surface area contributed by atoms with Gasteiger partial charge >= 0.3 is 0 Å². The molecule has 0 radical (unpaired) electrons. The number of amides is 1.